The second kappa shape index (κ2) is 6.46. The van der Waals surface area contributed by atoms with E-state index in [-0.39, 0.29) is 4.90 Å². The zero-order valence-corrected chi connectivity index (χ0v) is 10.6. The molecule has 0 aromatic heterocycles. The highest BCUT2D eigenvalue weighted by Gasteiger charge is 2.30. The van der Waals surface area contributed by atoms with Crippen LogP contribution in [-0.2, 0) is 20.3 Å². The van der Waals surface area contributed by atoms with Crippen LogP contribution in [0.5, 0.6) is 0 Å². The fourth-order valence-electron chi connectivity index (χ4n) is 1.19. The number of nitrogens with zero attached hydrogens (tertiary/aromatic N) is 1. The molecule has 110 valence electrons. The van der Waals surface area contributed by atoms with E-state index in [0.29, 0.717) is 0 Å². The van der Waals surface area contributed by atoms with Gasteiger partial charge in [0.2, 0.25) is 0 Å². The van der Waals surface area contributed by atoms with Crippen LogP contribution in [-0.4, -0.2) is 33.6 Å². The second-order valence-corrected chi connectivity index (χ2v) is 4.91. The van der Waals surface area contributed by atoms with Crippen molar-refractivity contribution in [3.8, 4) is 0 Å². The number of carbonyl (C=O) groups is 1. The molecule has 20 heavy (non-hydrogen) atoms. The highest BCUT2D eigenvalue weighted by molar-refractivity contribution is 7.85. The molecule has 0 aliphatic carbocycles. The summed E-state index contributed by atoms with van der Waals surface area (Å²) in [5.41, 5.74) is -0.477. The van der Waals surface area contributed by atoms with Gasteiger partial charge in [0.15, 0.2) is 6.61 Å². The number of rotatable bonds is 5. The zero-order valence-electron chi connectivity index (χ0n) is 9.75. The fourth-order valence-corrected chi connectivity index (χ4v) is 2.25. The molecule has 0 fully saturated rings. The van der Waals surface area contributed by atoms with Gasteiger partial charge < -0.3 is 4.74 Å². The van der Waals surface area contributed by atoms with E-state index < -0.39 is 45.9 Å². The number of esters is 1. The molecule has 0 aliphatic heterocycles. The van der Waals surface area contributed by atoms with Crippen molar-refractivity contribution in [2.45, 2.75) is 11.1 Å². The van der Waals surface area contributed by atoms with Crippen LogP contribution >= 0.6 is 0 Å². The van der Waals surface area contributed by atoms with Crippen molar-refractivity contribution in [2.24, 2.45) is 0 Å². The van der Waals surface area contributed by atoms with E-state index in [9.17, 15) is 32.3 Å². The van der Waals surface area contributed by atoms with Crippen LogP contribution in [0.25, 0.3) is 0 Å². The monoisotopic (exact) mass is 311 g/mol. The van der Waals surface area contributed by atoms with E-state index >= 15 is 0 Å². The average molecular weight is 311 g/mol. The van der Waals surface area contributed by atoms with Crippen LogP contribution in [0.15, 0.2) is 29.2 Å². The molecule has 0 spiro atoms. The minimum absolute atomic E-state index is 0.249. The van der Waals surface area contributed by atoms with Crippen LogP contribution in [0, 0.1) is 10.1 Å². The first kappa shape index (κ1) is 16.1. The third-order valence-corrected chi connectivity index (χ3v) is 3.29. The van der Waals surface area contributed by atoms with Gasteiger partial charge >= 0.3 is 12.1 Å². The van der Waals surface area contributed by atoms with Crippen molar-refractivity contribution < 1.29 is 31.8 Å². The minimum atomic E-state index is -4.68. The number of carbonyl (C=O) groups excluding carboxylic acids is 1. The van der Waals surface area contributed by atoms with E-state index in [4.69, 9.17) is 0 Å². The summed E-state index contributed by atoms with van der Waals surface area (Å²) >= 11 is 0. The van der Waals surface area contributed by atoms with Gasteiger partial charge in [-0.05, 0) is 6.07 Å². The molecule has 1 aromatic rings. The molecule has 1 aromatic carbocycles. The summed E-state index contributed by atoms with van der Waals surface area (Å²) in [5.74, 6) is -2.24. The third-order valence-electron chi connectivity index (χ3n) is 1.95. The molecule has 0 amide bonds. The Balaban J connectivity index is 2.72. The molecule has 0 saturated carbocycles. The van der Waals surface area contributed by atoms with Crippen molar-refractivity contribution in [3.05, 3.63) is 34.4 Å². The number of nitro groups is 1. The molecule has 0 radical (unpaired) electrons. The molecule has 0 saturated heterocycles. The van der Waals surface area contributed by atoms with Crippen LogP contribution < -0.4 is 0 Å². The molecule has 0 bridgehead atoms. The summed E-state index contributed by atoms with van der Waals surface area (Å²) in [6, 6.07) is 4.93. The maximum absolute atomic E-state index is 11.8. The lowest BCUT2D eigenvalue weighted by molar-refractivity contribution is -0.387. The highest BCUT2D eigenvalue weighted by Crippen LogP contribution is 2.22. The number of benzene rings is 1. The van der Waals surface area contributed by atoms with Gasteiger partial charge in [-0.15, -0.1) is 0 Å². The minimum Gasteiger partial charge on any atom is -0.455 e. The maximum atomic E-state index is 11.8. The molecule has 6 nitrogen and oxygen atoms in total. The van der Waals surface area contributed by atoms with E-state index in [1.165, 1.54) is 12.1 Å². The van der Waals surface area contributed by atoms with Crippen molar-refractivity contribution in [1.29, 1.82) is 0 Å². The van der Waals surface area contributed by atoms with Crippen molar-refractivity contribution in [2.75, 3.05) is 12.4 Å². The predicted molar refractivity (Wildman–Crippen MR) is 61.4 cm³/mol. The average Bonchev–Trinajstić information content (AvgIpc) is 2.35. The quantitative estimate of drug-likeness (QED) is 0.470. The normalized spacial score (nSPS) is 12.8. The summed E-state index contributed by atoms with van der Waals surface area (Å²) in [5, 5.41) is 10.7. The van der Waals surface area contributed by atoms with Gasteiger partial charge in [-0.2, -0.15) is 13.2 Å². The number of nitro benzene ring substituents is 1. The van der Waals surface area contributed by atoms with Gasteiger partial charge in [-0.3, -0.25) is 19.1 Å². The Morgan fingerprint density at radius 2 is 1.95 bits per heavy atom. The van der Waals surface area contributed by atoms with Gasteiger partial charge in [0.05, 0.1) is 15.7 Å². The van der Waals surface area contributed by atoms with E-state index in [1.807, 2.05) is 0 Å². The van der Waals surface area contributed by atoms with Crippen LogP contribution in [0.2, 0.25) is 0 Å². The van der Waals surface area contributed by atoms with Crippen LogP contribution in [0.3, 0.4) is 0 Å². The lowest BCUT2D eigenvalue weighted by Gasteiger charge is -2.07. The highest BCUT2D eigenvalue weighted by atomic mass is 32.2. The summed E-state index contributed by atoms with van der Waals surface area (Å²) in [6.45, 7) is -1.79. The first-order chi connectivity index (χ1) is 9.20. The Kier molecular flexibility index (Phi) is 5.19. The molecular formula is C10H8F3NO5S. The molecule has 1 unspecified atom stereocenters. The molecule has 1 atom stereocenters. The molecule has 0 heterocycles. The SMILES string of the molecule is O=C(CS(=O)c1ccccc1[N+](=O)[O-])OCC(F)(F)F. The summed E-state index contributed by atoms with van der Waals surface area (Å²) in [7, 11) is -2.16. The number of hydrogen-bond acceptors (Lipinski definition) is 5. The first-order valence-corrected chi connectivity index (χ1v) is 6.37. The summed E-state index contributed by atoms with van der Waals surface area (Å²) in [4.78, 5) is 20.7. The van der Waals surface area contributed by atoms with E-state index in [2.05, 4.69) is 4.74 Å². The van der Waals surface area contributed by atoms with Gasteiger partial charge in [-0.25, -0.2) is 0 Å². The Morgan fingerprint density at radius 1 is 1.35 bits per heavy atom. The number of para-hydroxylation sites is 1. The largest absolute Gasteiger partial charge is 0.455 e. The Morgan fingerprint density at radius 3 is 2.50 bits per heavy atom. The third kappa shape index (κ3) is 4.96. The predicted octanol–water partition coefficient (Wildman–Crippen LogP) is 1.81. The molecule has 0 aliphatic rings. The number of hydrogen-bond donors (Lipinski definition) is 0. The van der Waals surface area contributed by atoms with E-state index in [0.717, 1.165) is 12.1 Å². The zero-order chi connectivity index (χ0) is 15.3. The Hall–Kier alpha value is -1.97. The topological polar surface area (TPSA) is 86.5 Å². The molecular weight excluding hydrogens is 303 g/mol. The van der Waals surface area contributed by atoms with Crippen molar-refractivity contribution >= 4 is 22.5 Å². The lowest BCUT2D eigenvalue weighted by Crippen LogP contribution is -2.23. The molecule has 0 N–H and O–H groups in total. The van der Waals surface area contributed by atoms with Crippen LogP contribution in [0.4, 0.5) is 18.9 Å². The fraction of sp³-hybridized carbons (Fsp3) is 0.300. The van der Waals surface area contributed by atoms with Crippen molar-refractivity contribution in [1.82, 2.24) is 0 Å². The molecule has 1 rings (SSSR count). The van der Waals surface area contributed by atoms with Gasteiger partial charge in [0.25, 0.3) is 5.69 Å². The van der Waals surface area contributed by atoms with Crippen molar-refractivity contribution in [3.63, 3.8) is 0 Å². The summed E-state index contributed by atoms with van der Waals surface area (Å²) in [6.07, 6.45) is -4.68. The first-order valence-electron chi connectivity index (χ1n) is 5.05. The van der Waals surface area contributed by atoms with Gasteiger partial charge in [0.1, 0.15) is 10.6 Å². The standard InChI is InChI=1S/C10H8F3NO5S/c11-10(12,13)6-19-9(15)5-20(18)8-4-2-1-3-7(8)14(16)17/h1-4H,5-6H2. The van der Waals surface area contributed by atoms with Gasteiger partial charge in [0, 0.05) is 6.07 Å². The second-order valence-electron chi connectivity index (χ2n) is 3.49. The lowest BCUT2D eigenvalue weighted by atomic mass is 10.3. The smallest absolute Gasteiger partial charge is 0.422 e. The number of alkyl halides is 3. The van der Waals surface area contributed by atoms with E-state index in [1.54, 1.807) is 0 Å². The maximum Gasteiger partial charge on any atom is 0.422 e. The van der Waals surface area contributed by atoms with Gasteiger partial charge in [-0.1, -0.05) is 12.1 Å². The Labute approximate surface area is 113 Å². The number of halogens is 3. The Bertz CT molecular complexity index is 546. The van der Waals surface area contributed by atoms with Crippen LogP contribution in [0.1, 0.15) is 0 Å². The number of ether oxygens (including phenoxy) is 1. The molecule has 10 heteroatoms. The summed E-state index contributed by atoms with van der Waals surface area (Å²) < 4.78 is 51.0.